The van der Waals surface area contributed by atoms with Crippen molar-refractivity contribution >= 4 is 5.97 Å². The van der Waals surface area contributed by atoms with Gasteiger partial charge < -0.3 is 5.11 Å². The largest absolute Gasteiger partial charge is 0.480 e. The summed E-state index contributed by atoms with van der Waals surface area (Å²) in [6, 6.07) is 9.21. The molecule has 1 aliphatic heterocycles. The molecule has 2 aromatic rings. The van der Waals surface area contributed by atoms with Crippen LogP contribution in [0.5, 0.6) is 0 Å². The van der Waals surface area contributed by atoms with Crippen LogP contribution in [0, 0.1) is 6.92 Å². The Morgan fingerprint density at radius 2 is 2.30 bits per heavy atom. The van der Waals surface area contributed by atoms with E-state index >= 15 is 0 Å². The van der Waals surface area contributed by atoms with E-state index in [1.165, 1.54) is 28.7 Å². The summed E-state index contributed by atoms with van der Waals surface area (Å²) in [5.74, 6) is -0.902. The summed E-state index contributed by atoms with van der Waals surface area (Å²) in [4.78, 5) is 13.2. The predicted octanol–water partition coefficient (Wildman–Crippen LogP) is 2.05. The van der Waals surface area contributed by atoms with E-state index in [0.29, 0.717) is 6.04 Å². The van der Waals surface area contributed by atoms with Gasteiger partial charge in [-0.15, -0.1) is 5.10 Å². The zero-order valence-corrected chi connectivity index (χ0v) is 13.4. The maximum Gasteiger partial charge on any atom is 0.325 e. The molecule has 122 valence electrons. The Balaban J connectivity index is 1.61. The highest BCUT2D eigenvalue weighted by Crippen LogP contribution is 2.32. The Labute approximate surface area is 135 Å². The molecule has 1 aromatic carbocycles. The number of carboxylic acid groups (broad SMARTS) is 1. The molecule has 0 amide bonds. The molecule has 1 fully saturated rings. The molecule has 2 heterocycles. The Morgan fingerprint density at radius 3 is 3.09 bits per heavy atom. The lowest BCUT2D eigenvalue weighted by Gasteiger charge is -2.24. The first-order valence-corrected chi connectivity index (χ1v) is 8.03. The van der Waals surface area contributed by atoms with Gasteiger partial charge in [0.1, 0.15) is 6.54 Å². The lowest BCUT2D eigenvalue weighted by atomic mass is 10.0. The lowest BCUT2D eigenvalue weighted by molar-refractivity contribution is -0.137. The van der Waals surface area contributed by atoms with E-state index < -0.39 is 5.97 Å². The van der Waals surface area contributed by atoms with E-state index in [9.17, 15) is 4.79 Å². The minimum Gasteiger partial charge on any atom is -0.480 e. The molecule has 0 aliphatic carbocycles. The van der Waals surface area contributed by atoms with Crippen LogP contribution in [0.25, 0.3) is 0 Å². The predicted molar refractivity (Wildman–Crippen MR) is 86.1 cm³/mol. The molecular formula is C17H22N4O2. The van der Waals surface area contributed by atoms with Crippen molar-refractivity contribution in [1.82, 2.24) is 19.9 Å². The summed E-state index contributed by atoms with van der Waals surface area (Å²) < 4.78 is 1.37. The molecule has 1 aliphatic rings. The van der Waals surface area contributed by atoms with Gasteiger partial charge in [0.15, 0.2) is 0 Å². The summed E-state index contributed by atoms with van der Waals surface area (Å²) in [6.07, 6.45) is 4.92. The summed E-state index contributed by atoms with van der Waals surface area (Å²) in [5, 5.41) is 16.7. The van der Waals surface area contributed by atoms with Crippen molar-refractivity contribution in [3.8, 4) is 0 Å². The van der Waals surface area contributed by atoms with E-state index in [-0.39, 0.29) is 6.54 Å². The number of hydrogen-bond acceptors (Lipinski definition) is 4. The fourth-order valence-corrected chi connectivity index (χ4v) is 3.28. The number of nitrogens with zero attached hydrogens (tertiary/aromatic N) is 4. The Morgan fingerprint density at radius 1 is 1.43 bits per heavy atom. The normalized spacial score (nSPS) is 18.4. The summed E-state index contributed by atoms with van der Waals surface area (Å²) in [6.45, 7) is 4.01. The molecule has 0 spiro atoms. The van der Waals surface area contributed by atoms with Crippen LogP contribution in [0.15, 0.2) is 30.5 Å². The molecule has 1 saturated heterocycles. The van der Waals surface area contributed by atoms with Gasteiger partial charge in [-0.05, 0) is 31.9 Å². The first-order valence-electron chi connectivity index (χ1n) is 8.03. The first kappa shape index (κ1) is 15.7. The van der Waals surface area contributed by atoms with Crippen molar-refractivity contribution in [2.24, 2.45) is 0 Å². The molecule has 0 radical (unpaired) electrons. The molecule has 1 N–H and O–H groups in total. The standard InChI is InChI=1S/C17H22N4O2/c1-13-4-2-5-14(10-13)16-6-3-8-20(16)9-7-15-11-21(19-18-15)12-17(22)23/h2,4-5,10-11,16H,3,6-9,12H2,1H3,(H,22,23). The van der Waals surface area contributed by atoms with Gasteiger partial charge in [0, 0.05) is 25.2 Å². The number of aliphatic carboxylic acids is 1. The number of aromatic nitrogens is 3. The van der Waals surface area contributed by atoms with E-state index in [1.807, 2.05) is 0 Å². The van der Waals surface area contributed by atoms with Crippen LogP contribution in [0.2, 0.25) is 0 Å². The second-order valence-corrected chi connectivity index (χ2v) is 6.16. The molecule has 1 aromatic heterocycles. The third-order valence-electron chi connectivity index (χ3n) is 4.33. The highest BCUT2D eigenvalue weighted by atomic mass is 16.4. The lowest BCUT2D eigenvalue weighted by Crippen LogP contribution is -2.25. The summed E-state index contributed by atoms with van der Waals surface area (Å²) in [7, 11) is 0. The second kappa shape index (κ2) is 6.91. The molecule has 3 rings (SSSR count). The molecule has 6 heteroatoms. The molecule has 23 heavy (non-hydrogen) atoms. The van der Waals surface area contributed by atoms with Crippen molar-refractivity contribution in [2.75, 3.05) is 13.1 Å². The van der Waals surface area contributed by atoms with E-state index in [4.69, 9.17) is 5.11 Å². The minimum atomic E-state index is -0.902. The number of rotatable bonds is 6. The van der Waals surface area contributed by atoms with Crippen molar-refractivity contribution < 1.29 is 9.90 Å². The van der Waals surface area contributed by atoms with Gasteiger partial charge in [0.2, 0.25) is 0 Å². The first-order chi connectivity index (χ1) is 11.1. The van der Waals surface area contributed by atoms with Gasteiger partial charge in [-0.1, -0.05) is 35.0 Å². The van der Waals surface area contributed by atoms with Crippen molar-refractivity contribution in [2.45, 2.75) is 38.8 Å². The van der Waals surface area contributed by atoms with Crippen LogP contribution < -0.4 is 0 Å². The van der Waals surface area contributed by atoms with Gasteiger partial charge in [-0.25, -0.2) is 4.68 Å². The van der Waals surface area contributed by atoms with Crippen LogP contribution in [-0.2, 0) is 17.8 Å². The van der Waals surface area contributed by atoms with E-state index in [1.54, 1.807) is 6.20 Å². The monoisotopic (exact) mass is 314 g/mol. The fourth-order valence-electron chi connectivity index (χ4n) is 3.28. The number of carboxylic acids is 1. The SMILES string of the molecule is Cc1cccc(C2CCCN2CCc2cn(CC(=O)O)nn2)c1. The third kappa shape index (κ3) is 3.96. The van der Waals surface area contributed by atoms with Crippen LogP contribution in [0.3, 0.4) is 0 Å². The van der Waals surface area contributed by atoms with Crippen LogP contribution >= 0.6 is 0 Å². The van der Waals surface area contributed by atoms with Crippen LogP contribution in [0.4, 0.5) is 0 Å². The Kier molecular flexibility index (Phi) is 4.71. The average molecular weight is 314 g/mol. The van der Waals surface area contributed by atoms with Gasteiger partial charge in [0.25, 0.3) is 0 Å². The van der Waals surface area contributed by atoms with Gasteiger partial charge in [-0.3, -0.25) is 9.69 Å². The van der Waals surface area contributed by atoms with Crippen LogP contribution in [0.1, 0.15) is 35.7 Å². The van der Waals surface area contributed by atoms with Crippen LogP contribution in [-0.4, -0.2) is 44.1 Å². The summed E-state index contributed by atoms with van der Waals surface area (Å²) >= 11 is 0. The molecule has 0 bridgehead atoms. The highest BCUT2D eigenvalue weighted by molar-refractivity contribution is 5.66. The number of hydrogen-bond donors (Lipinski definition) is 1. The van der Waals surface area contributed by atoms with Crippen molar-refractivity contribution in [3.63, 3.8) is 0 Å². The molecular weight excluding hydrogens is 292 g/mol. The highest BCUT2D eigenvalue weighted by Gasteiger charge is 2.25. The number of benzene rings is 1. The number of carbonyl (C=O) groups is 1. The summed E-state index contributed by atoms with van der Waals surface area (Å²) in [5.41, 5.74) is 3.53. The fraction of sp³-hybridized carbons (Fsp3) is 0.471. The van der Waals surface area contributed by atoms with Gasteiger partial charge in [-0.2, -0.15) is 0 Å². The second-order valence-electron chi connectivity index (χ2n) is 6.16. The van der Waals surface area contributed by atoms with Gasteiger partial charge >= 0.3 is 5.97 Å². The molecule has 1 atom stereocenters. The Bertz CT molecular complexity index is 683. The van der Waals surface area contributed by atoms with E-state index in [0.717, 1.165) is 25.2 Å². The Hall–Kier alpha value is -2.21. The topological polar surface area (TPSA) is 71.2 Å². The molecule has 1 unspecified atom stereocenters. The quantitative estimate of drug-likeness (QED) is 0.883. The zero-order valence-electron chi connectivity index (χ0n) is 13.4. The smallest absolute Gasteiger partial charge is 0.325 e. The zero-order chi connectivity index (χ0) is 16.2. The minimum absolute atomic E-state index is 0.136. The van der Waals surface area contributed by atoms with Crippen molar-refractivity contribution in [1.29, 1.82) is 0 Å². The van der Waals surface area contributed by atoms with E-state index in [2.05, 4.69) is 46.4 Å². The average Bonchev–Trinajstić information content (AvgIpc) is 3.13. The maximum atomic E-state index is 10.7. The molecule has 6 nitrogen and oxygen atoms in total. The van der Waals surface area contributed by atoms with Gasteiger partial charge in [0.05, 0.1) is 5.69 Å². The van der Waals surface area contributed by atoms with Crippen molar-refractivity contribution in [3.05, 3.63) is 47.3 Å². The number of aryl methyl sites for hydroxylation is 1. The third-order valence-corrected chi connectivity index (χ3v) is 4.33. The number of likely N-dealkylation sites (tertiary alicyclic amines) is 1. The maximum absolute atomic E-state index is 10.7. The molecule has 0 saturated carbocycles.